The van der Waals surface area contributed by atoms with E-state index in [4.69, 9.17) is 11.5 Å². The molecule has 1 aliphatic rings. The molecule has 1 saturated heterocycles. The maximum Gasteiger partial charge on any atom is 0.328 e. The zero-order chi connectivity index (χ0) is 24.3. The van der Waals surface area contributed by atoms with E-state index in [-0.39, 0.29) is 12.3 Å². The van der Waals surface area contributed by atoms with Gasteiger partial charge in [0.1, 0.15) is 12.1 Å². The Bertz CT molecular complexity index is 650. The van der Waals surface area contributed by atoms with Gasteiger partial charge >= 0.3 is 5.97 Å². The second kappa shape index (κ2) is 14.3. The summed E-state index contributed by atoms with van der Waals surface area (Å²) in [4.78, 5) is 51.1. The molecule has 1 fully saturated rings. The Morgan fingerprint density at radius 1 is 1.19 bits per heavy atom. The molecule has 12 heteroatoms. The number of aliphatic carboxylic acids is 1. The Morgan fingerprint density at radius 2 is 1.88 bits per heavy atom. The zero-order valence-electron chi connectivity index (χ0n) is 18.8. The normalized spacial score (nSPS) is 19.7. The van der Waals surface area contributed by atoms with Crippen molar-refractivity contribution in [2.45, 2.75) is 75.7 Å². The molecule has 0 bridgehead atoms. The number of rotatable bonds is 14. The Labute approximate surface area is 193 Å². The van der Waals surface area contributed by atoms with Crippen molar-refractivity contribution in [2.75, 3.05) is 25.1 Å². The minimum Gasteiger partial charge on any atom is -0.480 e. The third-order valence-corrected chi connectivity index (χ3v) is 6.06. The van der Waals surface area contributed by atoms with Crippen LogP contribution in [0.5, 0.6) is 0 Å². The van der Waals surface area contributed by atoms with E-state index in [1.54, 1.807) is 0 Å². The number of likely N-dealkylation sites (tertiary alicyclic amines) is 1. The summed E-state index contributed by atoms with van der Waals surface area (Å²) in [5.74, 6) is -2.31. The van der Waals surface area contributed by atoms with Gasteiger partial charge in [-0.3, -0.25) is 14.4 Å². The number of nitrogens with zero attached hydrogens (tertiary/aromatic N) is 1. The molecular formula is C20H37N5O6S. The predicted octanol–water partition coefficient (Wildman–Crippen LogP) is -1.38. The highest BCUT2D eigenvalue weighted by atomic mass is 32.2. The average molecular weight is 476 g/mol. The molecule has 3 amide bonds. The van der Waals surface area contributed by atoms with Crippen molar-refractivity contribution in [3.63, 3.8) is 0 Å². The maximum absolute atomic E-state index is 13.0. The smallest absolute Gasteiger partial charge is 0.328 e. The standard InChI is InChI=1S/C20H37N5O6S/c1-12(26)16(20(30)31)24-17(27)14(8-11-32-2)23-18(28)15-7-5-10-25(15)19(29)13(22)6-3-4-9-21/h12-16,26H,3-11,21-22H2,1-2H3,(H,23,28)(H,24,27)(H,30,31). The van der Waals surface area contributed by atoms with Crippen LogP contribution in [-0.2, 0) is 19.2 Å². The number of hydrogen-bond acceptors (Lipinski definition) is 8. The molecule has 11 nitrogen and oxygen atoms in total. The molecule has 1 heterocycles. The first-order valence-electron chi connectivity index (χ1n) is 10.9. The summed E-state index contributed by atoms with van der Waals surface area (Å²) < 4.78 is 0. The van der Waals surface area contributed by atoms with Gasteiger partial charge in [0.2, 0.25) is 17.7 Å². The summed E-state index contributed by atoms with van der Waals surface area (Å²) in [6.07, 6.45) is 3.87. The van der Waals surface area contributed by atoms with Crippen LogP contribution in [0.2, 0.25) is 0 Å². The van der Waals surface area contributed by atoms with E-state index in [0.29, 0.717) is 38.1 Å². The number of thioether (sulfide) groups is 1. The molecule has 184 valence electrons. The number of hydrogen-bond donors (Lipinski definition) is 6. The second-order valence-corrected chi connectivity index (χ2v) is 8.97. The van der Waals surface area contributed by atoms with Crippen molar-refractivity contribution < 1.29 is 29.4 Å². The number of carboxylic acids is 1. The molecule has 0 aliphatic carbocycles. The second-order valence-electron chi connectivity index (χ2n) is 7.99. The lowest BCUT2D eigenvalue weighted by Gasteiger charge is -2.29. The number of carboxylic acid groups (broad SMARTS) is 1. The fourth-order valence-electron chi connectivity index (χ4n) is 3.56. The number of amides is 3. The fraction of sp³-hybridized carbons (Fsp3) is 0.800. The third-order valence-electron chi connectivity index (χ3n) is 5.41. The van der Waals surface area contributed by atoms with Crippen LogP contribution in [0.25, 0.3) is 0 Å². The molecule has 0 saturated carbocycles. The number of aliphatic hydroxyl groups is 1. The molecule has 5 atom stereocenters. The lowest BCUT2D eigenvalue weighted by Crippen LogP contribution is -2.58. The van der Waals surface area contributed by atoms with Crippen LogP contribution in [0, 0.1) is 0 Å². The van der Waals surface area contributed by atoms with E-state index in [2.05, 4.69) is 10.6 Å². The van der Waals surface area contributed by atoms with E-state index >= 15 is 0 Å². The van der Waals surface area contributed by atoms with Crippen molar-refractivity contribution >= 4 is 35.5 Å². The van der Waals surface area contributed by atoms with Gasteiger partial charge in [-0.05, 0) is 57.6 Å². The lowest BCUT2D eigenvalue weighted by molar-refractivity contribution is -0.145. The zero-order valence-corrected chi connectivity index (χ0v) is 19.6. The molecule has 0 radical (unpaired) electrons. The highest BCUT2D eigenvalue weighted by Crippen LogP contribution is 2.20. The Morgan fingerprint density at radius 3 is 2.44 bits per heavy atom. The third kappa shape index (κ3) is 8.57. The van der Waals surface area contributed by atoms with Crippen LogP contribution >= 0.6 is 11.8 Å². The first-order valence-corrected chi connectivity index (χ1v) is 12.3. The Hall–Kier alpha value is -1.89. The van der Waals surface area contributed by atoms with Crippen molar-refractivity contribution in [1.29, 1.82) is 0 Å². The van der Waals surface area contributed by atoms with E-state index < -0.39 is 48.1 Å². The summed E-state index contributed by atoms with van der Waals surface area (Å²) in [6, 6.07) is -3.94. The minimum absolute atomic E-state index is 0.268. The van der Waals surface area contributed by atoms with Crippen LogP contribution in [0.3, 0.4) is 0 Å². The van der Waals surface area contributed by atoms with Gasteiger partial charge in [0.15, 0.2) is 6.04 Å². The van der Waals surface area contributed by atoms with Crippen LogP contribution < -0.4 is 22.1 Å². The quantitative estimate of drug-likeness (QED) is 0.165. The van der Waals surface area contributed by atoms with Gasteiger partial charge in [-0.2, -0.15) is 11.8 Å². The van der Waals surface area contributed by atoms with E-state index in [1.165, 1.54) is 23.6 Å². The molecule has 8 N–H and O–H groups in total. The van der Waals surface area contributed by atoms with Crippen molar-refractivity contribution in [1.82, 2.24) is 15.5 Å². The molecule has 0 aromatic rings. The number of nitrogens with one attached hydrogen (secondary N) is 2. The van der Waals surface area contributed by atoms with Crippen molar-refractivity contribution in [2.24, 2.45) is 11.5 Å². The van der Waals surface area contributed by atoms with Gasteiger partial charge in [0.05, 0.1) is 12.1 Å². The predicted molar refractivity (Wildman–Crippen MR) is 122 cm³/mol. The monoisotopic (exact) mass is 475 g/mol. The summed E-state index contributed by atoms with van der Waals surface area (Å²) in [5, 5.41) is 23.8. The van der Waals surface area contributed by atoms with E-state index in [1.807, 2.05) is 6.26 Å². The first-order chi connectivity index (χ1) is 15.1. The van der Waals surface area contributed by atoms with E-state index in [9.17, 15) is 29.4 Å². The topological polar surface area (TPSA) is 188 Å². The number of carbonyl (C=O) groups excluding carboxylic acids is 3. The molecule has 32 heavy (non-hydrogen) atoms. The van der Waals surface area contributed by atoms with Crippen LogP contribution in [0.1, 0.15) is 45.4 Å². The van der Waals surface area contributed by atoms with E-state index in [0.717, 1.165) is 12.8 Å². The molecule has 5 unspecified atom stereocenters. The van der Waals surface area contributed by atoms with Gasteiger partial charge in [-0.25, -0.2) is 4.79 Å². The largest absolute Gasteiger partial charge is 0.480 e. The SMILES string of the molecule is CSCCC(NC(=O)C1CCCN1C(=O)C(N)CCCCN)C(=O)NC(C(=O)O)C(C)O. The van der Waals surface area contributed by atoms with Gasteiger partial charge in [-0.1, -0.05) is 6.42 Å². The molecule has 0 spiro atoms. The highest BCUT2D eigenvalue weighted by Gasteiger charge is 2.38. The van der Waals surface area contributed by atoms with Gasteiger partial charge in [0, 0.05) is 6.54 Å². The van der Waals surface area contributed by atoms with Crippen molar-refractivity contribution in [3.05, 3.63) is 0 Å². The Balaban J connectivity index is 2.84. The van der Waals surface area contributed by atoms with Gasteiger partial charge in [0.25, 0.3) is 0 Å². The van der Waals surface area contributed by atoms with Gasteiger partial charge in [-0.15, -0.1) is 0 Å². The summed E-state index contributed by atoms with van der Waals surface area (Å²) in [6.45, 7) is 2.19. The molecule has 0 aromatic heterocycles. The molecular weight excluding hydrogens is 438 g/mol. The fourth-order valence-corrected chi connectivity index (χ4v) is 4.03. The van der Waals surface area contributed by atoms with Crippen molar-refractivity contribution in [3.8, 4) is 0 Å². The number of nitrogens with two attached hydrogens (primary N) is 2. The molecule has 1 rings (SSSR count). The minimum atomic E-state index is -1.49. The van der Waals surface area contributed by atoms with Gasteiger partial charge < -0.3 is 37.2 Å². The number of unbranched alkanes of at least 4 members (excludes halogenated alkanes) is 1. The van der Waals surface area contributed by atoms with Crippen LogP contribution in [-0.4, -0.2) is 94.2 Å². The summed E-state index contributed by atoms with van der Waals surface area (Å²) in [5.41, 5.74) is 11.5. The summed E-state index contributed by atoms with van der Waals surface area (Å²) >= 11 is 1.47. The Kier molecular flexibility index (Phi) is 12.6. The van der Waals surface area contributed by atoms with Crippen LogP contribution in [0.4, 0.5) is 0 Å². The number of aliphatic hydroxyl groups excluding tert-OH is 1. The van der Waals surface area contributed by atoms with Crippen LogP contribution in [0.15, 0.2) is 0 Å². The molecule has 1 aliphatic heterocycles. The maximum atomic E-state index is 13.0. The highest BCUT2D eigenvalue weighted by molar-refractivity contribution is 7.98. The number of carbonyl (C=O) groups is 4. The molecule has 0 aromatic carbocycles. The first kappa shape index (κ1) is 28.1. The summed E-state index contributed by atoms with van der Waals surface area (Å²) in [7, 11) is 0. The lowest BCUT2D eigenvalue weighted by atomic mass is 10.1. The average Bonchev–Trinajstić information content (AvgIpc) is 3.23.